The second-order valence-corrected chi connectivity index (χ2v) is 3.71. The highest BCUT2D eigenvalue weighted by Crippen LogP contribution is 2.18. The maximum atomic E-state index is 4.48. The first kappa shape index (κ1) is 10.5. The largest absolute Gasteiger partial charge is 0.265 e. The van der Waals surface area contributed by atoms with E-state index in [-0.39, 0.29) is 0 Å². The van der Waals surface area contributed by atoms with Crippen molar-refractivity contribution in [2.75, 3.05) is 0 Å². The molecule has 0 unspecified atom stereocenters. The number of aromatic nitrogens is 6. The summed E-state index contributed by atoms with van der Waals surface area (Å²) in [6, 6.07) is 5.55. The van der Waals surface area contributed by atoms with Crippen molar-refractivity contribution >= 4 is 0 Å². The van der Waals surface area contributed by atoms with Crippen molar-refractivity contribution in [2.45, 2.75) is 0 Å². The van der Waals surface area contributed by atoms with Crippen molar-refractivity contribution in [3.8, 4) is 22.9 Å². The molecule has 0 amide bonds. The lowest BCUT2D eigenvalue weighted by Gasteiger charge is -1.96. The molecule has 3 heterocycles. The normalized spacial score (nSPS) is 10.5. The molecule has 3 aromatic rings. The fourth-order valence-electron chi connectivity index (χ4n) is 1.65. The summed E-state index contributed by atoms with van der Waals surface area (Å²) in [6.45, 7) is 0. The van der Waals surface area contributed by atoms with Crippen LogP contribution in [0.2, 0.25) is 0 Å². The Labute approximate surface area is 103 Å². The third-order valence-corrected chi connectivity index (χ3v) is 2.51. The molecule has 88 valence electrons. The second-order valence-electron chi connectivity index (χ2n) is 3.71. The first-order valence-corrected chi connectivity index (χ1v) is 5.42. The van der Waals surface area contributed by atoms with Gasteiger partial charge in [-0.2, -0.15) is 5.10 Å². The summed E-state index contributed by atoms with van der Waals surface area (Å²) in [4.78, 5) is 16.5. The third-order valence-electron chi connectivity index (χ3n) is 2.51. The van der Waals surface area contributed by atoms with E-state index in [0.717, 1.165) is 11.3 Å². The number of pyridine rings is 1. The van der Waals surface area contributed by atoms with Crippen molar-refractivity contribution in [2.24, 2.45) is 7.05 Å². The minimum Gasteiger partial charge on any atom is -0.265 e. The molecule has 0 N–H and O–H groups in total. The Bertz CT molecular complexity index is 647. The van der Waals surface area contributed by atoms with E-state index in [4.69, 9.17) is 0 Å². The lowest BCUT2D eigenvalue weighted by molar-refractivity contribution is 0.774. The molecule has 3 aromatic heterocycles. The molecule has 0 spiro atoms. The second kappa shape index (κ2) is 4.33. The average molecular weight is 238 g/mol. The molecule has 3 rings (SSSR count). The minimum absolute atomic E-state index is 0.661. The van der Waals surface area contributed by atoms with Crippen LogP contribution in [-0.4, -0.2) is 29.7 Å². The molecular weight excluding hydrogens is 228 g/mol. The van der Waals surface area contributed by atoms with Crippen LogP contribution in [0.25, 0.3) is 22.9 Å². The smallest absolute Gasteiger partial charge is 0.181 e. The first-order valence-electron chi connectivity index (χ1n) is 5.42. The highest BCUT2D eigenvalue weighted by atomic mass is 15.3. The summed E-state index contributed by atoms with van der Waals surface area (Å²) in [5, 5.41) is 4.37. The number of aryl methyl sites for hydroxylation is 1. The van der Waals surface area contributed by atoms with Crippen LogP contribution in [0.4, 0.5) is 0 Å². The van der Waals surface area contributed by atoms with E-state index in [1.165, 1.54) is 6.33 Å². The monoisotopic (exact) mass is 238 g/mol. The molecule has 0 aromatic carbocycles. The van der Waals surface area contributed by atoms with Crippen molar-refractivity contribution < 1.29 is 0 Å². The quantitative estimate of drug-likeness (QED) is 0.673. The van der Waals surface area contributed by atoms with Gasteiger partial charge in [0.05, 0.1) is 0 Å². The van der Waals surface area contributed by atoms with Crippen molar-refractivity contribution in [3.63, 3.8) is 0 Å². The van der Waals surface area contributed by atoms with Gasteiger partial charge < -0.3 is 0 Å². The van der Waals surface area contributed by atoms with E-state index >= 15 is 0 Å². The zero-order chi connectivity index (χ0) is 12.4. The number of rotatable bonds is 2. The molecule has 0 saturated heterocycles. The van der Waals surface area contributed by atoms with E-state index in [2.05, 4.69) is 25.0 Å². The number of hydrogen-bond donors (Lipinski definition) is 0. The summed E-state index contributed by atoms with van der Waals surface area (Å²) in [7, 11) is 1.84. The maximum absolute atomic E-state index is 4.48. The summed E-state index contributed by atoms with van der Waals surface area (Å²) in [6.07, 6.45) is 6.62. The Kier molecular flexibility index (Phi) is 2.53. The Morgan fingerprint density at radius 2 is 1.78 bits per heavy atom. The van der Waals surface area contributed by atoms with E-state index in [1.54, 1.807) is 29.3 Å². The Hall–Kier alpha value is -2.63. The van der Waals surface area contributed by atoms with Crippen LogP contribution in [0.5, 0.6) is 0 Å². The average Bonchev–Trinajstić information content (AvgIpc) is 2.83. The van der Waals surface area contributed by atoms with Gasteiger partial charge in [0.15, 0.2) is 11.6 Å². The molecule has 0 aliphatic heterocycles. The van der Waals surface area contributed by atoms with E-state index in [1.807, 2.05) is 19.2 Å². The highest BCUT2D eigenvalue weighted by molar-refractivity contribution is 5.58. The van der Waals surface area contributed by atoms with Gasteiger partial charge >= 0.3 is 0 Å². The fraction of sp³-hybridized carbons (Fsp3) is 0.0833. The molecule has 0 aliphatic rings. The molecule has 6 nitrogen and oxygen atoms in total. The molecule has 0 bridgehead atoms. The van der Waals surface area contributed by atoms with Crippen LogP contribution in [0.15, 0.2) is 43.1 Å². The molecule has 0 atom stereocenters. The summed E-state index contributed by atoms with van der Waals surface area (Å²) in [5.41, 5.74) is 1.68. The topological polar surface area (TPSA) is 69.4 Å². The van der Waals surface area contributed by atoms with Gasteiger partial charge in [-0.1, -0.05) is 0 Å². The molecule has 6 heteroatoms. The van der Waals surface area contributed by atoms with Crippen LogP contribution in [0.3, 0.4) is 0 Å². The van der Waals surface area contributed by atoms with Crippen molar-refractivity contribution in [1.29, 1.82) is 0 Å². The zero-order valence-electron chi connectivity index (χ0n) is 9.72. The SMILES string of the molecule is Cn1nc(-c2ccncc2)nc1-c1ccncn1. The van der Waals surface area contributed by atoms with Crippen LogP contribution < -0.4 is 0 Å². The summed E-state index contributed by atoms with van der Waals surface area (Å²) in [5.74, 6) is 1.37. The molecule has 0 aliphatic carbocycles. The van der Waals surface area contributed by atoms with E-state index in [0.29, 0.717) is 11.6 Å². The van der Waals surface area contributed by atoms with Gasteiger partial charge in [-0.25, -0.2) is 19.6 Å². The molecule has 0 radical (unpaired) electrons. The maximum Gasteiger partial charge on any atom is 0.181 e. The van der Waals surface area contributed by atoms with Crippen LogP contribution in [0, 0.1) is 0 Å². The van der Waals surface area contributed by atoms with Crippen molar-refractivity contribution in [3.05, 3.63) is 43.1 Å². The van der Waals surface area contributed by atoms with Crippen LogP contribution in [0.1, 0.15) is 0 Å². The van der Waals surface area contributed by atoms with Crippen molar-refractivity contribution in [1.82, 2.24) is 29.7 Å². The van der Waals surface area contributed by atoms with Gasteiger partial charge in [-0.05, 0) is 18.2 Å². The minimum atomic E-state index is 0.661. The van der Waals surface area contributed by atoms with Gasteiger partial charge in [0.25, 0.3) is 0 Å². The standard InChI is InChI=1S/C12H10N6/c1-18-12(10-4-7-14-8-15-10)16-11(17-18)9-2-5-13-6-3-9/h2-8H,1H3. The lowest BCUT2D eigenvalue weighted by Crippen LogP contribution is -1.96. The third kappa shape index (κ3) is 1.84. The summed E-state index contributed by atoms with van der Waals surface area (Å²) < 4.78 is 1.71. The van der Waals surface area contributed by atoms with Gasteiger partial charge in [-0.15, -0.1) is 0 Å². The summed E-state index contributed by atoms with van der Waals surface area (Å²) >= 11 is 0. The van der Waals surface area contributed by atoms with E-state index in [9.17, 15) is 0 Å². The predicted octanol–water partition coefficient (Wildman–Crippen LogP) is 1.33. The van der Waals surface area contributed by atoms with Crippen LogP contribution >= 0.6 is 0 Å². The highest BCUT2D eigenvalue weighted by Gasteiger charge is 2.11. The predicted molar refractivity (Wildman–Crippen MR) is 65.3 cm³/mol. The molecule has 18 heavy (non-hydrogen) atoms. The van der Waals surface area contributed by atoms with E-state index < -0.39 is 0 Å². The Morgan fingerprint density at radius 3 is 2.50 bits per heavy atom. The Morgan fingerprint density at radius 1 is 1.00 bits per heavy atom. The number of nitrogens with zero attached hydrogens (tertiary/aromatic N) is 6. The van der Waals surface area contributed by atoms with Gasteiger partial charge in [0, 0.05) is 31.2 Å². The molecule has 0 fully saturated rings. The molecular formula is C12H10N6. The zero-order valence-corrected chi connectivity index (χ0v) is 9.72. The van der Waals surface area contributed by atoms with Gasteiger partial charge in [0.1, 0.15) is 12.0 Å². The fourth-order valence-corrected chi connectivity index (χ4v) is 1.65. The Balaban J connectivity index is 2.07. The lowest BCUT2D eigenvalue weighted by atomic mass is 10.2. The molecule has 0 saturated carbocycles. The van der Waals surface area contributed by atoms with Gasteiger partial charge in [0.2, 0.25) is 0 Å². The number of hydrogen-bond acceptors (Lipinski definition) is 5. The van der Waals surface area contributed by atoms with Crippen LogP contribution in [-0.2, 0) is 7.05 Å². The first-order chi connectivity index (χ1) is 8.84. The van der Waals surface area contributed by atoms with Gasteiger partial charge in [-0.3, -0.25) is 4.98 Å².